The van der Waals surface area contributed by atoms with Crippen LogP contribution in [0, 0.1) is 10.1 Å². The standard InChI is InChI=1S/C17H15ClN2O7/c1-25-14-6-4-11(8-15(14)26-2)19-16(21)9-27-17(22)12-5-3-10(18)7-13(12)20(23)24/h3-8H,9H2,1-2H3,(H,19,21). The molecule has 2 aromatic rings. The normalized spacial score (nSPS) is 10.0. The molecule has 0 aliphatic rings. The van der Waals surface area contributed by atoms with Crippen LogP contribution >= 0.6 is 11.6 Å². The second-order valence-corrected chi connectivity index (χ2v) is 5.55. The van der Waals surface area contributed by atoms with Gasteiger partial charge in [0, 0.05) is 22.8 Å². The van der Waals surface area contributed by atoms with Crippen LogP contribution in [-0.2, 0) is 9.53 Å². The number of rotatable bonds is 7. The SMILES string of the molecule is COc1ccc(NC(=O)COC(=O)c2ccc(Cl)cc2[N+](=O)[O-])cc1OC. The van der Waals surface area contributed by atoms with Crippen molar-refractivity contribution in [3.63, 3.8) is 0 Å². The van der Waals surface area contributed by atoms with Crippen LogP contribution < -0.4 is 14.8 Å². The van der Waals surface area contributed by atoms with Crippen LogP contribution in [0.5, 0.6) is 11.5 Å². The van der Waals surface area contributed by atoms with Gasteiger partial charge in [-0.3, -0.25) is 14.9 Å². The smallest absolute Gasteiger partial charge is 0.345 e. The summed E-state index contributed by atoms with van der Waals surface area (Å²) in [6.45, 7) is -0.632. The van der Waals surface area contributed by atoms with Crippen molar-refractivity contribution < 1.29 is 28.7 Å². The second kappa shape index (κ2) is 8.86. The quantitative estimate of drug-likeness (QED) is 0.435. The molecule has 0 aromatic heterocycles. The van der Waals surface area contributed by atoms with E-state index in [4.69, 9.17) is 25.8 Å². The fraction of sp³-hybridized carbons (Fsp3) is 0.176. The lowest BCUT2D eigenvalue weighted by Crippen LogP contribution is -2.21. The zero-order valence-electron chi connectivity index (χ0n) is 14.4. The molecule has 0 unspecified atom stereocenters. The third-order valence-corrected chi connectivity index (χ3v) is 3.61. The lowest BCUT2D eigenvalue weighted by atomic mass is 10.2. The molecule has 0 saturated carbocycles. The maximum atomic E-state index is 12.0. The molecule has 2 aromatic carbocycles. The molecule has 1 N–H and O–H groups in total. The highest BCUT2D eigenvalue weighted by molar-refractivity contribution is 6.31. The van der Waals surface area contributed by atoms with Gasteiger partial charge in [-0.05, 0) is 24.3 Å². The van der Waals surface area contributed by atoms with Crippen molar-refractivity contribution in [2.75, 3.05) is 26.1 Å². The van der Waals surface area contributed by atoms with Gasteiger partial charge in [0.2, 0.25) is 0 Å². The van der Waals surface area contributed by atoms with E-state index in [1.807, 2.05) is 0 Å². The molecule has 0 fully saturated rings. The minimum absolute atomic E-state index is 0.101. The number of amides is 1. The molecule has 0 spiro atoms. The fourth-order valence-corrected chi connectivity index (χ4v) is 2.31. The molecule has 0 heterocycles. The van der Waals surface area contributed by atoms with Gasteiger partial charge in [0.05, 0.1) is 19.1 Å². The molecule has 0 aliphatic heterocycles. The Kier molecular flexibility index (Phi) is 6.56. The average molecular weight is 395 g/mol. The third-order valence-electron chi connectivity index (χ3n) is 3.38. The highest BCUT2D eigenvalue weighted by Gasteiger charge is 2.22. The van der Waals surface area contributed by atoms with Gasteiger partial charge in [-0.1, -0.05) is 11.6 Å². The van der Waals surface area contributed by atoms with Crippen LogP contribution in [0.3, 0.4) is 0 Å². The molecular weight excluding hydrogens is 380 g/mol. The number of nitrogens with one attached hydrogen (secondary N) is 1. The molecule has 10 heteroatoms. The van der Waals surface area contributed by atoms with Gasteiger partial charge in [0.1, 0.15) is 5.56 Å². The Bertz CT molecular complexity index is 886. The number of nitro groups is 1. The van der Waals surface area contributed by atoms with Crippen LogP contribution in [0.4, 0.5) is 11.4 Å². The molecule has 9 nitrogen and oxygen atoms in total. The van der Waals surface area contributed by atoms with E-state index in [9.17, 15) is 19.7 Å². The summed E-state index contributed by atoms with van der Waals surface area (Å²) in [6, 6.07) is 8.21. The number of carbonyl (C=O) groups excluding carboxylic acids is 2. The van der Waals surface area contributed by atoms with Gasteiger partial charge in [0.25, 0.3) is 11.6 Å². The Morgan fingerprint density at radius 2 is 1.81 bits per heavy atom. The first-order valence-corrected chi connectivity index (χ1v) is 7.86. The van der Waals surface area contributed by atoms with Crippen LogP contribution in [0.1, 0.15) is 10.4 Å². The minimum atomic E-state index is -1.01. The number of methoxy groups -OCH3 is 2. The number of benzene rings is 2. The summed E-state index contributed by atoms with van der Waals surface area (Å²) in [6.07, 6.45) is 0. The van der Waals surface area contributed by atoms with Crippen molar-refractivity contribution in [2.24, 2.45) is 0 Å². The summed E-state index contributed by atoms with van der Waals surface area (Å²) >= 11 is 5.69. The number of ether oxygens (including phenoxy) is 3. The van der Waals surface area contributed by atoms with E-state index in [2.05, 4.69) is 5.32 Å². The third kappa shape index (κ3) is 5.08. The second-order valence-electron chi connectivity index (χ2n) is 5.11. The van der Waals surface area contributed by atoms with Gasteiger partial charge in [-0.15, -0.1) is 0 Å². The van der Waals surface area contributed by atoms with E-state index in [-0.39, 0.29) is 10.6 Å². The first-order valence-electron chi connectivity index (χ1n) is 7.48. The van der Waals surface area contributed by atoms with Gasteiger partial charge in [-0.2, -0.15) is 0 Å². The monoisotopic (exact) mass is 394 g/mol. The zero-order chi connectivity index (χ0) is 20.0. The van der Waals surface area contributed by atoms with Crippen LogP contribution in [0.2, 0.25) is 5.02 Å². The van der Waals surface area contributed by atoms with Gasteiger partial charge < -0.3 is 19.5 Å². The summed E-state index contributed by atoms with van der Waals surface area (Å²) in [5.41, 5.74) is -0.415. The molecular formula is C17H15ClN2O7. The Balaban J connectivity index is 2.02. The predicted octanol–water partition coefficient (Wildman–Crippen LogP) is 3.06. The molecule has 0 aliphatic carbocycles. The molecule has 0 radical (unpaired) electrons. The highest BCUT2D eigenvalue weighted by atomic mass is 35.5. The van der Waals surface area contributed by atoms with Gasteiger partial charge in [0.15, 0.2) is 18.1 Å². The number of hydrogen-bond donors (Lipinski definition) is 1. The minimum Gasteiger partial charge on any atom is -0.493 e. The Labute approximate surface area is 158 Å². The van der Waals surface area contributed by atoms with Crippen molar-refractivity contribution in [1.29, 1.82) is 0 Å². The maximum absolute atomic E-state index is 12.0. The van der Waals surface area contributed by atoms with Crippen LogP contribution in [0.15, 0.2) is 36.4 Å². The topological polar surface area (TPSA) is 117 Å². The molecule has 0 saturated heterocycles. The number of hydrogen-bond acceptors (Lipinski definition) is 7. The Morgan fingerprint density at radius 3 is 2.44 bits per heavy atom. The number of halogens is 1. The van der Waals surface area contributed by atoms with Crippen LogP contribution in [-0.4, -0.2) is 37.6 Å². The number of carbonyl (C=O) groups is 2. The van der Waals surface area contributed by atoms with Crippen molar-refractivity contribution in [1.82, 2.24) is 0 Å². The summed E-state index contributed by atoms with van der Waals surface area (Å²) in [7, 11) is 2.93. The Hall–Kier alpha value is -3.33. The maximum Gasteiger partial charge on any atom is 0.345 e. The average Bonchev–Trinajstić information content (AvgIpc) is 2.65. The summed E-state index contributed by atoms with van der Waals surface area (Å²) < 4.78 is 15.1. The zero-order valence-corrected chi connectivity index (χ0v) is 15.1. The predicted molar refractivity (Wildman–Crippen MR) is 96.6 cm³/mol. The van der Waals surface area contributed by atoms with Gasteiger partial charge in [-0.25, -0.2) is 4.79 Å². The van der Waals surface area contributed by atoms with Crippen molar-refractivity contribution >= 4 is 34.9 Å². The molecule has 0 atom stereocenters. The molecule has 142 valence electrons. The number of esters is 1. The summed E-state index contributed by atoms with van der Waals surface area (Å²) in [4.78, 5) is 34.2. The van der Waals surface area contributed by atoms with E-state index in [0.717, 1.165) is 12.1 Å². The van der Waals surface area contributed by atoms with E-state index in [1.165, 1.54) is 26.4 Å². The molecule has 0 bridgehead atoms. The first kappa shape index (κ1) is 20.0. The van der Waals surface area contributed by atoms with Crippen molar-refractivity contribution in [3.8, 4) is 11.5 Å². The number of nitro benzene ring substituents is 1. The number of nitrogens with zero attached hydrogens (tertiary/aromatic N) is 1. The fourth-order valence-electron chi connectivity index (χ4n) is 2.15. The lowest BCUT2D eigenvalue weighted by Gasteiger charge is -2.11. The van der Waals surface area contributed by atoms with Crippen molar-refractivity contribution in [2.45, 2.75) is 0 Å². The number of anilines is 1. The molecule has 1 amide bonds. The van der Waals surface area contributed by atoms with Gasteiger partial charge >= 0.3 is 5.97 Å². The highest BCUT2D eigenvalue weighted by Crippen LogP contribution is 2.29. The van der Waals surface area contributed by atoms with Crippen molar-refractivity contribution in [3.05, 3.63) is 57.1 Å². The molecule has 2 rings (SSSR count). The lowest BCUT2D eigenvalue weighted by molar-refractivity contribution is -0.385. The first-order chi connectivity index (χ1) is 12.8. The van der Waals surface area contributed by atoms with E-state index < -0.39 is 29.1 Å². The molecule has 27 heavy (non-hydrogen) atoms. The Morgan fingerprint density at radius 1 is 1.11 bits per heavy atom. The van der Waals surface area contributed by atoms with Crippen LogP contribution in [0.25, 0.3) is 0 Å². The van der Waals surface area contributed by atoms with E-state index >= 15 is 0 Å². The largest absolute Gasteiger partial charge is 0.493 e. The van der Waals surface area contributed by atoms with E-state index in [0.29, 0.717) is 17.2 Å². The summed E-state index contributed by atoms with van der Waals surface area (Å²) in [5.74, 6) is -0.755. The summed E-state index contributed by atoms with van der Waals surface area (Å²) in [5, 5.41) is 13.6. The van der Waals surface area contributed by atoms with E-state index in [1.54, 1.807) is 12.1 Å².